The number of carbonyl (C=O) groups is 2. The number of rotatable bonds is 5. The fourth-order valence-electron chi connectivity index (χ4n) is 2.01. The lowest BCUT2D eigenvalue weighted by atomic mass is 10.1. The lowest BCUT2D eigenvalue weighted by Gasteiger charge is -2.13. The van der Waals surface area contributed by atoms with Crippen molar-refractivity contribution in [2.24, 2.45) is 0 Å². The first kappa shape index (κ1) is 14.4. The Morgan fingerprint density at radius 2 is 2.05 bits per heavy atom. The Balaban J connectivity index is 1.86. The number of amides is 3. The summed E-state index contributed by atoms with van der Waals surface area (Å²) in [6, 6.07) is 5.95. The molecule has 0 saturated heterocycles. The quantitative estimate of drug-likeness (QED) is 0.768. The summed E-state index contributed by atoms with van der Waals surface area (Å²) in [7, 11) is 0. The molecule has 0 radical (unpaired) electrons. The van der Waals surface area contributed by atoms with Crippen LogP contribution in [0.1, 0.15) is 30.9 Å². The molecule has 5 nitrogen and oxygen atoms in total. The SMILES string of the molecule is CCc1cccc(C)c1NC(=O)CNC(=O)NC1CC1. The number of anilines is 1. The minimum Gasteiger partial charge on any atom is -0.335 e. The second kappa shape index (κ2) is 6.41. The van der Waals surface area contributed by atoms with E-state index >= 15 is 0 Å². The van der Waals surface area contributed by atoms with Crippen LogP contribution in [0.15, 0.2) is 18.2 Å². The molecular formula is C15H21N3O2. The minimum atomic E-state index is -0.275. The number of nitrogens with one attached hydrogen (secondary N) is 3. The third kappa shape index (κ3) is 3.98. The number of hydrogen-bond acceptors (Lipinski definition) is 2. The van der Waals surface area contributed by atoms with E-state index in [2.05, 4.69) is 16.0 Å². The average molecular weight is 275 g/mol. The lowest BCUT2D eigenvalue weighted by Crippen LogP contribution is -2.41. The van der Waals surface area contributed by atoms with Gasteiger partial charge < -0.3 is 16.0 Å². The predicted molar refractivity (Wildman–Crippen MR) is 78.7 cm³/mol. The zero-order chi connectivity index (χ0) is 14.5. The van der Waals surface area contributed by atoms with Gasteiger partial charge in [-0.2, -0.15) is 0 Å². The highest BCUT2D eigenvalue weighted by atomic mass is 16.2. The van der Waals surface area contributed by atoms with Crippen molar-refractivity contribution < 1.29 is 9.59 Å². The van der Waals surface area contributed by atoms with Crippen LogP contribution < -0.4 is 16.0 Å². The first-order chi connectivity index (χ1) is 9.60. The summed E-state index contributed by atoms with van der Waals surface area (Å²) in [5.41, 5.74) is 2.98. The highest BCUT2D eigenvalue weighted by molar-refractivity contribution is 5.95. The van der Waals surface area contributed by atoms with Crippen molar-refractivity contribution in [2.45, 2.75) is 39.2 Å². The van der Waals surface area contributed by atoms with Crippen molar-refractivity contribution in [3.8, 4) is 0 Å². The van der Waals surface area contributed by atoms with Crippen LogP contribution in [0.2, 0.25) is 0 Å². The standard InChI is InChI=1S/C15H21N3O2/c1-3-11-6-4-5-10(2)14(11)18-13(19)9-16-15(20)17-12-7-8-12/h4-6,12H,3,7-9H2,1-2H3,(H,18,19)(H2,16,17,20). The third-order valence-electron chi connectivity index (χ3n) is 3.33. The van der Waals surface area contributed by atoms with Crippen molar-refractivity contribution in [2.75, 3.05) is 11.9 Å². The molecule has 0 aliphatic heterocycles. The van der Waals surface area contributed by atoms with Crippen LogP contribution in [0, 0.1) is 6.92 Å². The fraction of sp³-hybridized carbons (Fsp3) is 0.467. The molecule has 1 aliphatic rings. The lowest BCUT2D eigenvalue weighted by molar-refractivity contribution is -0.115. The molecule has 3 amide bonds. The maximum Gasteiger partial charge on any atom is 0.315 e. The summed E-state index contributed by atoms with van der Waals surface area (Å²) in [5, 5.41) is 8.22. The Kier molecular flexibility index (Phi) is 4.61. The third-order valence-corrected chi connectivity index (χ3v) is 3.33. The minimum absolute atomic E-state index is 0.0178. The van der Waals surface area contributed by atoms with E-state index in [-0.39, 0.29) is 18.5 Å². The highest BCUT2D eigenvalue weighted by Crippen LogP contribution is 2.20. The maximum absolute atomic E-state index is 11.9. The molecule has 108 valence electrons. The Morgan fingerprint density at radius 1 is 1.30 bits per heavy atom. The zero-order valence-electron chi connectivity index (χ0n) is 12.0. The predicted octanol–water partition coefficient (Wildman–Crippen LogP) is 1.96. The van der Waals surface area contributed by atoms with E-state index in [9.17, 15) is 9.59 Å². The summed E-state index contributed by atoms with van der Waals surface area (Å²) >= 11 is 0. The summed E-state index contributed by atoms with van der Waals surface area (Å²) in [5.74, 6) is -0.208. The van der Waals surface area contributed by atoms with Gasteiger partial charge in [0.1, 0.15) is 0 Å². The van der Waals surface area contributed by atoms with Crippen molar-refractivity contribution in [1.82, 2.24) is 10.6 Å². The van der Waals surface area contributed by atoms with Gasteiger partial charge in [-0.25, -0.2) is 4.79 Å². The zero-order valence-corrected chi connectivity index (χ0v) is 12.0. The van der Waals surface area contributed by atoms with Crippen LogP contribution in [0.4, 0.5) is 10.5 Å². The smallest absolute Gasteiger partial charge is 0.315 e. The normalized spacial score (nSPS) is 13.7. The molecule has 0 heterocycles. The Morgan fingerprint density at radius 3 is 2.70 bits per heavy atom. The molecule has 3 N–H and O–H groups in total. The average Bonchev–Trinajstić information content (AvgIpc) is 3.22. The summed E-state index contributed by atoms with van der Waals surface area (Å²) in [6.07, 6.45) is 2.91. The molecule has 1 aromatic carbocycles. The van der Waals surface area contributed by atoms with Crippen molar-refractivity contribution in [1.29, 1.82) is 0 Å². The van der Waals surface area contributed by atoms with Crippen LogP contribution >= 0.6 is 0 Å². The molecule has 0 atom stereocenters. The molecule has 2 rings (SSSR count). The Labute approximate surface area is 119 Å². The van der Waals surface area contributed by atoms with E-state index in [4.69, 9.17) is 0 Å². The van der Waals surface area contributed by atoms with Gasteiger partial charge >= 0.3 is 6.03 Å². The van der Waals surface area contributed by atoms with Crippen molar-refractivity contribution in [3.05, 3.63) is 29.3 Å². The number of para-hydroxylation sites is 1. The monoisotopic (exact) mass is 275 g/mol. The summed E-state index contributed by atoms with van der Waals surface area (Å²) < 4.78 is 0. The van der Waals surface area contributed by atoms with Gasteiger partial charge in [0, 0.05) is 11.7 Å². The molecule has 1 saturated carbocycles. The van der Waals surface area contributed by atoms with E-state index in [1.54, 1.807) is 0 Å². The van der Waals surface area contributed by atoms with Gasteiger partial charge in [0.2, 0.25) is 5.91 Å². The van der Waals surface area contributed by atoms with E-state index in [0.29, 0.717) is 6.04 Å². The van der Waals surface area contributed by atoms with Crippen LogP contribution in [0.25, 0.3) is 0 Å². The van der Waals surface area contributed by atoms with Crippen LogP contribution in [0.5, 0.6) is 0 Å². The molecule has 0 unspecified atom stereocenters. The topological polar surface area (TPSA) is 70.2 Å². The van der Waals surface area contributed by atoms with Gasteiger partial charge in [0.25, 0.3) is 0 Å². The fourth-order valence-corrected chi connectivity index (χ4v) is 2.01. The van der Waals surface area contributed by atoms with Gasteiger partial charge in [0.05, 0.1) is 6.54 Å². The second-order valence-corrected chi connectivity index (χ2v) is 5.11. The van der Waals surface area contributed by atoms with E-state index in [1.807, 2.05) is 32.0 Å². The summed E-state index contributed by atoms with van der Waals surface area (Å²) in [4.78, 5) is 23.3. The summed E-state index contributed by atoms with van der Waals surface area (Å²) in [6.45, 7) is 3.99. The van der Waals surface area contributed by atoms with Gasteiger partial charge in [-0.1, -0.05) is 25.1 Å². The van der Waals surface area contributed by atoms with Gasteiger partial charge in [-0.3, -0.25) is 4.79 Å². The largest absolute Gasteiger partial charge is 0.335 e. The van der Waals surface area contributed by atoms with Crippen LogP contribution in [-0.4, -0.2) is 24.5 Å². The second-order valence-electron chi connectivity index (χ2n) is 5.11. The van der Waals surface area contributed by atoms with Crippen molar-refractivity contribution >= 4 is 17.6 Å². The van der Waals surface area contributed by atoms with Gasteiger partial charge in [0.15, 0.2) is 0 Å². The number of benzene rings is 1. The number of hydrogen-bond donors (Lipinski definition) is 3. The number of urea groups is 1. The highest BCUT2D eigenvalue weighted by Gasteiger charge is 2.23. The molecule has 20 heavy (non-hydrogen) atoms. The van der Waals surface area contributed by atoms with Crippen molar-refractivity contribution in [3.63, 3.8) is 0 Å². The molecule has 1 aromatic rings. The van der Waals surface area contributed by atoms with Gasteiger partial charge in [-0.05, 0) is 37.3 Å². The molecule has 0 bridgehead atoms. The first-order valence-electron chi connectivity index (χ1n) is 7.03. The first-order valence-corrected chi connectivity index (χ1v) is 7.03. The Hall–Kier alpha value is -2.04. The van der Waals surface area contributed by atoms with Crippen LogP contribution in [-0.2, 0) is 11.2 Å². The molecular weight excluding hydrogens is 254 g/mol. The molecule has 5 heteroatoms. The number of carbonyl (C=O) groups excluding carboxylic acids is 2. The molecule has 1 aliphatic carbocycles. The van der Waals surface area contributed by atoms with Crippen LogP contribution in [0.3, 0.4) is 0 Å². The molecule has 0 aromatic heterocycles. The van der Waals surface area contributed by atoms with E-state index in [0.717, 1.165) is 36.1 Å². The Bertz CT molecular complexity index is 510. The van der Waals surface area contributed by atoms with E-state index in [1.165, 1.54) is 0 Å². The maximum atomic E-state index is 11.9. The number of aryl methyl sites for hydroxylation is 2. The van der Waals surface area contributed by atoms with Gasteiger partial charge in [-0.15, -0.1) is 0 Å². The molecule has 0 spiro atoms. The molecule has 1 fully saturated rings. The van der Waals surface area contributed by atoms with E-state index < -0.39 is 0 Å².